The number of hydrogen-bond donors (Lipinski definition) is 1. The van der Waals surface area contributed by atoms with E-state index in [1.807, 2.05) is 42.6 Å². The van der Waals surface area contributed by atoms with Gasteiger partial charge in [0.25, 0.3) is 6.43 Å². The Morgan fingerprint density at radius 2 is 1.95 bits per heavy atom. The predicted molar refractivity (Wildman–Crippen MR) is 83.1 cm³/mol. The monoisotopic (exact) mass is 310 g/mol. The number of halogens is 2. The van der Waals surface area contributed by atoms with E-state index in [-0.39, 0.29) is 0 Å². The first kappa shape index (κ1) is 16.0. The van der Waals surface area contributed by atoms with Gasteiger partial charge in [0.2, 0.25) is 0 Å². The zero-order valence-electron chi connectivity index (χ0n) is 12.1. The average molecular weight is 310 g/mol. The molecule has 0 aliphatic heterocycles. The van der Waals surface area contributed by atoms with E-state index in [0.717, 1.165) is 16.3 Å². The van der Waals surface area contributed by atoms with E-state index in [2.05, 4.69) is 10.3 Å². The Hall–Kier alpha value is -1.33. The summed E-state index contributed by atoms with van der Waals surface area (Å²) in [5.74, 6) is 0. The molecule has 2 aromatic rings. The fraction of sp³-hybridized carbons (Fsp3) is 0.438. The largest absolute Gasteiger partial charge is 0.308 e. The lowest BCUT2D eigenvalue weighted by molar-refractivity contribution is 0.0944. The lowest BCUT2D eigenvalue weighted by atomic mass is 10.1. The molecule has 1 unspecified atom stereocenters. The summed E-state index contributed by atoms with van der Waals surface area (Å²) in [7, 11) is 0. The summed E-state index contributed by atoms with van der Waals surface area (Å²) in [5, 5.41) is 5.96. The Labute approximate surface area is 128 Å². The summed E-state index contributed by atoms with van der Waals surface area (Å²) in [4.78, 5) is 4.34. The first-order valence-corrected chi connectivity index (χ1v) is 7.99. The van der Waals surface area contributed by atoms with Crippen molar-refractivity contribution in [2.75, 3.05) is 6.54 Å². The van der Waals surface area contributed by atoms with Crippen LogP contribution in [0.15, 0.2) is 35.7 Å². The van der Waals surface area contributed by atoms with Crippen LogP contribution in [-0.4, -0.2) is 24.0 Å². The van der Waals surface area contributed by atoms with Crippen molar-refractivity contribution in [3.05, 3.63) is 52.0 Å². The third kappa shape index (κ3) is 5.52. The van der Waals surface area contributed by atoms with Gasteiger partial charge in [-0.05, 0) is 25.3 Å². The highest BCUT2D eigenvalue weighted by molar-refractivity contribution is 7.09. The van der Waals surface area contributed by atoms with E-state index in [1.165, 1.54) is 0 Å². The van der Waals surface area contributed by atoms with E-state index < -0.39 is 12.5 Å². The molecule has 1 atom stereocenters. The van der Waals surface area contributed by atoms with Gasteiger partial charge in [-0.15, -0.1) is 11.3 Å². The van der Waals surface area contributed by atoms with Crippen molar-refractivity contribution in [2.24, 2.45) is 0 Å². The van der Waals surface area contributed by atoms with Gasteiger partial charge in [-0.3, -0.25) is 0 Å². The van der Waals surface area contributed by atoms with Gasteiger partial charge in [-0.25, -0.2) is 13.8 Å². The maximum atomic E-state index is 13.1. The summed E-state index contributed by atoms with van der Waals surface area (Å²) >= 11 is 1.59. The van der Waals surface area contributed by atoms with Gasteiger partial charge < -0.3 is 5.32 Å². The number of nitrogens with one attached hydrogen (secondary N) is 1. The second-order valence-electron chi connectivity index (χ2n) is 5.03. The van der Waals surface area contributed by atoms with Crippen molar-refractivity contribution in [1.82, 2.24) is 10.3 Å². The molecule has 21 heavy (non-hydrogen) atoms. The van der Waals surface area contributed by atoms with E-state index in [9.17, 15) is 8.78 Å². The van der Waals surface area contributed by atoms with Crippen molar-refractivity contribution in [3.8, 4) is 0 Å². The van der Waals surface area contributed by atoms with Crippen LogP contribution >= 0.6 is 11.3 Å². The molecule has 2 nitrogen and oxygen atoms in total. The highest BCUT2D eigenvalue weighted by Crippen LogP contribution is 2.12. The maximum Gasteiger partial charge on any atom is 0.253 e. The van der Waals surface area contributed by atoms with Crippen LogP contribution < -0.4 is 5.32 Å². The molecule has 0 aliphatic rings. The van der Waals surface area contributed by atoms with Crippen LogP contribution in [-0.2, 0) is 12.8 Å². The number of thiazole rings is 1. The Balaban J connectivity index is 1.76. The van der Waals surface area contributed by atoms with Crippen molar-refractivity contribution in [3.63, 3.8) is 0 Å². The molecule has 0 saturated heterocycles. The second kappa shape index (κ2) is 8.20. The molecule has 0 amide bonds. The molecule has 114 valence electrons. The van der Waals surface area contributed by atoms with Crippen molar-refractivity contribution < 1.29 is 8.78 Å². The molecular formula is C16H20F2N2S. The summed E-state index contributed by atoms with van der Waals surface area (Å²) in [6.07, 6.45) is -0.541. The number of aryl methyl sites for hydroxylation is 2. The van der Waals surface area contributed by atoms with E-state index in [4.69, 9.17) is 0 Å². The van der Waals surface area contributed by atoms with Crippen LogP contribution in [0.5, 0.6) is 0 Å². The number of aromatic nitrogens is 1. The SMILES string of the molecule is Cc1nc(CCNC(CCc2ccccc2)C(F)F)cs1. The lowest BCUT2D eigenvalue weighted by Gasteiger charge is -2.17. The maximum absolute atomic E-state index is 13.1. The number of benzene rings is 1. The zero-order valence-corrected chi connectivity index (χ0v) is 12.9. The molecule has 5 heteroatoms. The minimum Gasteiger partial charge on any atom is -0.308 e. The third-order valence-electron chi connectivity index (χ3n) is 3.35. The Kier molecular flexibility index (Phi) is 6.26. The Morgan fingerprint density at radius 1 is 1.19 bits per heavy atom. The molecule has 0 radical (unpaired) electrons. The zero-order chi connectivity index (χ0) is 15.1. The third-order valence-corrected chi connectivity index (χ3v) is 4.17. The van der Waals surface area contributed by atoms with Gasteiger partial charge in [0.1, 0.15) is 0 Å². The molecule has 0 saturated carbocycles. The van der Waals surface area contributed by atoms with Gasteiger partial charge >= 0.3 is 0 Å². The van der Waals surface area contributed by atoms with Crippen LogP contribution in [0, 0.1) is 6.92 Å². The van der Waals surface area contributed by atoms with Gasteiger partial charge in [0.15, 0.2) is 0 Å². The standard InChI is InChI=1S/C16H20F2N2S/c1-12-20-14(11-21-12)9-10-19-15(16(17)18)8-7-13-5-3-2-4-6-13/h2-6,11,15-16,19H,7-10H2,1H3. The van der Waals surface area contributed by atoms with Gasteiger partial charge in [0.05, 0.1) is 16.7 Å². The predicted octanol–water partition coefficient (Wildman–Crippen LogP) is 3.85. The van der Waals surface area contributed by atoms with Crippen LogP contribution in [0.2, 0.25) is 0 Å². The summed E-state index contributed by atoms with van der Waals surface area (Å²) in [5.41, 5.74) is 2.07. The van der Waals surface area contributed by atoms with E-state index in [1.54, 1.807) is 11.3 Å². The summed E-state index contributed by atoms with van der Waals surface area (Å²) in [6, 6.07) is 8.99. The van der Waals surface area contributed by atoms with E-state index >= 15 is 0 Å². The number of hydrogen-bond acceptors (Lipinski definition) is 3. The molecule has 0 aliphatic carbocycles. The fourth-order valence-electron chi connectivity index (χ4n) is 2.19. The highest BCUT2D eigenvalue weighted by Gasteiger charge is 2.19. The molecule has 1 N–H and O–H groups in total. The van der Waals surface area contributed by atoms with E-state index in [0.29, 0.717) is 25.8 Å². The second-order valence-corrected chi connectivity index (χ2v) is 6.09. The van der Waals surface area contributed by atoms with Gasteiger partial charge in [0, 0.05) is 18.3 Å². The molecule has 1 aromatic carbocycles. The Morgan fingerprint density at radius 3 is 2.57 bits per heavy atom. The van der Waals surface area contributed by atoms with Crippen molar-refractivity contribution in [2.45, 2.75) is 38.7 Å². The number of rotatable bonds is 8. The summed E-state index contributed by atoms with van der Waals surface area (Å²) in [6.45, 7) is 2.48. The molecule has 1 aromatic heterocycles. The molecule has 0 spiro atoms. The molecule has 0 bridgehead atoms. The first-order chi connectivity index (χ1) is 10.1. The minimum atomic E-state index is -2.34. The molecule has 2 rings (SSSR count). The van der Waals surface area contributed by atoms with Crippen LogP contribution in [0.3, 0.4) is 0 Å². The lowest BCUT2D eigenvalue weighted by Crippen LogP contribution is -2.37. The van der Waals surface area contributed by atoms with Crippen LogP contribution in [0.25, 0.3) is 0 Å². The molecular weight excluding hydrogens is 290 g/mol. The smallest absolute Gasteiger partial charge is 0.253 e. The highest BCUT2D eigenvalue weighted by atomic mass is 32.1. The average Bonchev–Trinajstić information content (AvgIpc) is 2.89. The van der Waals surface area contributed by atoms with Gasteiger partial charge in [-0.1, -0.05) is 30.3 Å². The van der Waals surface area contributed by atoms with Crippen molar-refractivity contribution >= 4 is 11.3 Å². The molecule has 0 fully saturated rings. The normalized spacial score (nSPS) is 12.8. The van der Waals surface area contributed by atoms with Crippen LogP contribution in [0.4, 0.5) is 8.78 Å². The van der Waals surface area contributed by atoms with Gasteiger partial charge in [-0.2, -0.15) is 0 Å². The topological polar surface area (TPSA) is 24.9 Å². The molecule has 1 heterocycles. The van der Waals surface area contributed by atoms with Crippen molar-refractivity contribution in [1.29, 1.82) is 0 Å². The fourth-order valence-corrected chi connectivity index (χ4v) is 2.84. The minimum absolute atomic E-state index is 0.442. The number of alkyl halides is 2. The Bertz CT molecular complexity index is 528. The quantitative estimate of drug-likeness (QED) is 0.801. The summed E-state index contributed by atoms with van der Waals surface area (Å²) < 4.78 is 26.1. The first-order valence-electron chi connectivity index (χ1n) is 7.11. The number of nitrogens with zero attached hydrogens (tertiary/aromatic N) is 1. The van der Waals surface area contributed by atoms with Crippen LogP contribution in [0.1, 0.15) is 22.7 Å².